The molecule has 0 bridgehead atoms. The molecule has 0 aromatic heterocycles. The maximum absolute atomic E-state index is 3.72. The van der Waals surface area contributed by atoms with Crippen molar-refractivity contribution in [1.82, 2.24) is 5.32 Å². The van der Waals surface area contributed by atoms with Crippen LogP contribution in [-0.4, -0.2) is 6.54 Å². The lowest BCUT2D eigenvalue weighted by atomic mass is 9.95. The second kappa shape index (κ2) is 6.20. The Labute approximate surface area is 106 Å². The van der Waals surface area contributed by atoms with Crippen LogP contribution in [0, 0.1) is 0 Å². The first-order chi connectivity index (χ1) is 8.35. The molecular formula is C16H25N. The minimum Gasteiger partial charge on any atom is -0.310 e. The average Bonchev–Trinajstić information content (AvgIpc) is 2.57. The molecule has 0 heterocycles. The summed E-state index contributed by atoms with van der Waals surface area (Å²) in [5.74, 6) is 0. The normalized spacial score (nSPS) is 19.8. The van der Waals surface area contributed by atoms with E-state index in [1.165, 1.54) is 37.7 Å². The first-order valence-electron chi connectivity index (χ1n) is 7.20. The molecule has 0 radical (unpaired) electrons. The van der Waals surface area contributed by atoms with E-state index in [-0.39, 0.29) is 0 Å². The van der Waals surface area contributed by atoms with E-state index in [1.807, 2.05) is 0 Å². The minimum atomic E-state index is 0.596. The number of hydrogen-bond acceptors (Lipinski definition) is 1. The molecule has 1 atom stereocenters. The zero-order chi connectivity index (χ0) is 12.1. The smallest absolute Gasteiger partial charge is 0.0323 e. The Bertz CT molecular complexity index is 357. The van der Waals surface area contributed by atoms with E-state index < -0.39 is 0 Å². The molecule has 17 heavy (non-hydrogen) atoms. The van der Waals surface area contributed by atoms with E-state index in [2.05, 4.69) is 37.4 Å². The molecule has 1 heteroatoms. The molecule has 0 aliphatic heterocycles. The predicted molar refractivity (Wildman–Crippen MR) is 74.4 cm³/mol. The van der Waals surface area contributed by atoms with Crippen molar-refractivity contribution in [2.75, 3.05) is 6.54 Å². The van der Waals surface area contributed by atoms with Gasteiger partial charge in [-0.05, 0) is 55.3 Å². The first-order valence-corrected chi connectivity index (χ1v) is 7.20. The lowest BCUT2D eigenvalue weighted by Gasteiger charge is -2.20. The Morgan fingerprint density at radius 1 is 1.24 bits per heavy atom. The summed E-state index contributed by atoms with van der Waals surface area (Å²) in [6.45, 7) is 5.63. The molecular weight excluding hydrogens is 206 g/mol. The number of hydrogen-bond donors (Lipinski definition) is 1. The second-order valence-electron chi connectivity index (χ2n) is 5.14. The van der Waals surface area contributed by atoms with Crippen LogP contribution in [0.1, 0.15) is 62.3 Å². The van der Waals surface area contributed by atoms with Gasteiger partial charge in [-0.1, -0.05) is 38.5 Å². The van der Waals surface area contributed by atoms with Gasteiger partial charge in [-0.25, -0.2) is 0 Å². The molecule has 1 aliphatic carbocycles. The third-order valence-corrected chi connectivity index (χ3v) is 3.82. The summed E-state index contributed by atoms with van der Waals surface area (Å²) in [4.78, 5) is 0. The maximum atomic E-state index is 3.72. The number of benzene rings is 1. The number of rotatable bonds is 4. The van der Waals surface area contributed by atoms with Gasteiger partial charge in [0.25, 0.3) is 0 Å². The van der Waals surface area contributed by atoms with Crippen molar-refractivity contribution in [3.05, 3.63) is 34.9 Å². The summed E-state index contributed by atoms with van der Waals surface area (Å²) in [6, 6.07) is 7.70. The third-order valence-electron chi connectivity index (χ3n) is 3.82. The number of fused-ring (bicyclic) bond motifs is 1. The Kier molecular flexibility index (Phi) is 4.61. The fourth-order valence-electron chi connectivity index (χ4n) is 2.77. The largest absolute Gasteiger partial charge is 0.310 e. The lowest BCUT2D eigenvalue weighted by Crippen LogP contribution is -2.22. The van der Waals surface area contributed by atoms with E-state index in [0.717, 1.165) is 13.0 Å². The predicted octanol–water partition coefficient (Wildman–Crippen LogP) is 4.02. The van der Waals surface area contributed by atoms with Crippen LogP contribution in [0.3, 0.4) is 0 Å². The average molecular weight is 231 g/mol. The van der Waals surface area contributed by atoms with E-state index in [0.29, 0.717) is 6.04 Å². The van der Waals surface area contributed by atoms with Gasteiger partial charge in [-0.3, -0.25) is 0 Å². The van der Waals surface area contributed by atoms with Gasteiger partial charge in [-0.15, -0.1) is 0 Å². The third kappa shape index (κ3) is 3.10. The molecule has 0 amide bonds. The molecule has 1 N–H and O–H groups in total. The van der Waals surface area contributed by atoms with Gasteiger partial charge in [0.05, 0.1) is 0 Å². The maximum Gasteiger partial charge on any atom is 0.0323 e. The van der Waals surface area contributed by atoms with Crippen LogP contribution in [0.4, 0.5) is 0 Å². The molecule has 1 aromatic carbocycles. The zero-order valence-corrected chi connectivity index (χ0v) is 11.3. The van der Waals surface area contributed by atoms with Gasteiger partial charge in [0.15, 0.2) is 0 Å². The van der Waals surface area contributed by atoms with Crippen LogP contribution in [0.2, 0.25) is 0 Å². The SMILES string of the molecule is CCCNC1CCCCc2ccc(CC)cc21. The van der Waals surface area contributed by atoms with Crippen LogP contribution in [0.5, 0.6) is 0 Å². The van der Waals surface area contributed by atoms with Crippen LogP contribution >= 0.6 is 0 Å². The van der Waals surface area contributed by atoms with Gasteiger partial charge in [0.2, 0.25) is 0 Å². The molecule has 1 unspecified atom stereocenters. The summed E-state index contributed by atoms with van der Waals surface area (Å²) < 4.78 is 0. The van der Waals surface area contributed by atoms with E-state index >= 15 is 0 Å². The molecule has 2 rings (SSSR count). The Morgan fingerprint density at radius 2 is 2.12 bits per heavy atom. The zero-order valence-electron chi connectivity index (χ0n) is 11.3. The molecule has 0 saturated heterocycles. The Morgan fingerprint density at radius 3 is 2.88 bits per heavy atom. The fraction of sp³-hybridized carbons (Fsp3) is 0.625. The lowest BCUT2D eigenvalue weighted by molar-refractivity contribution is 0.489. The van der Waals surface area contributed by atoms with Crippen molar-refractivity contribution >= 4 is 0 Å². The highest BCUT2D eigenvalue weighted by atomic mass is 14.9. The van der Waals surface area contributed by atoms with Gasteiger partial charge >= 0.3 is 0 Å². The van der Waals surface area contributed by atoms with E-state index in [4.69, 9.17) is 0 Å². The standard InChI is InChI=1S/C16H25N/c1-3-11-17-16-8-6-5-7-14-10-9-13(4-2)12-15(14)16/h9-10,12,16-17H,3-8,11H2,1-2H3. The topological polar surface area (TPSA) is 12.0 Å². The molecule has 94 valence electrons. The first kappa shape index (κ1) is 12.6. The Balaban J connectivity index is 2.25. The molecule has 1 aliphatic rings. The summed E-state index contributed by atoms with van der Waals surface area (Å²) in [6.07, 6.45) is 7.65. The van der Waals surface area contributed by atoms with Crippen molar-refractivity contribution in [3.63, 3.8) is 0 Å². The molecule has 1 nitrogen and oxygen atoms in total. The molecule has 0 spiro atoms. The van der Waals surface area contributed by atoms with Gasteiger partial charge < -0.3 is 5.32 Å². The van der Waals surface area contributed by atoms with Gasteiger partial charge in [0.1, 0.15) is 0 Å². The molecule has 1 aromatic rings. The van der Waals surface area contributed by atoms with Crippen molar-refractivity contribution in [3.8, 4) is 0 Å². The highest BCUT2D eigenvalue weighted by Crippen LogP contribution is 2.29. The molecule has 0 fully saturated rings. The van der Waals surface area contributed by atoms with Crippen LogP contribution in [0.25, 0.3) is 0 Å². The van der Waals surface area contributed by atoms with Crippen molar-refractivity contribution in [1.29, 1.82) is 0 Å². The van der Waals surface area contributed by atoms with Crippen LogP contribution < -0.4 is 5.32 Å². The molecule has 0 saturated carbocycles. The van der Waals surface area contributed by atoms with Gasteiger partial charge in [0, 0.05) is 6.04 Å². The van der Waals surface area contributed by atoms with Gasteiger partial charge in [-0.2, -0.15) is 0 Å². The summed E-state index contributed by atoms with van der Waals surface area (Å²) in [7, 11) is 0. The van der Waals surface area contributed by atoms with Crippen molar-refractivity contribution < 1.29 is 0 Å². The summed E-state index contributed by atoms with van der Waals surface area (Å²) >= 11 is 0. The highest BCUT2D eigenvalue weighted by molar-refractivity contribution is 5.35. The quantitative estimate of drug-likeness (QED) is 0.772. The fourth-order valence-corrected chi connectivity index (χ4v) is 2.77. The summed E-state index contributed by atoms with van der Waals surface area (Å²) in [5.41, 5.74) is 4.64. The minimum absolute atomic E-state index is 0.596. The van der Waals surface area contributed by atoms with E-state index in [9.17, 15) is 0 Å². The highest BCUT2D eigenvalue weighted by Gasteiger charge is 2.17. The Hall–Kier alpha value is -0.820. The number of aryl methyl sites for hydroxylation is 2. The second-order valence-corrected chi connectivity index (χ2v) is 5.14. The number of nitrogens with one attached hydrogen (secondary N) is 1. The summed E-state index contributed by atoms with van der Waals surface area (Å²) in [5, 5.41) is 3.72. The van der Waals surface area contributed by atoms with E-state index in [1.54, 1.807) is 11.1 Å². The van der Waals surface area contributed by atoms with Crippen LogP contribution in [0.15, 0.2) is 18.2 Å². The van der Waals surface area contributed by atoms with Crippen molar-refractivity contribution in [2.45, 2.75) is 58.4 Å². The monoisotopic (exact) mass is 231 g/mol. The van der Waals surface area contributed by atoms with Crippen molar-refractivity contribution in [2.24, 2.45) is 0 Å². The van der Waals surface area contributed by atoms with Crippen LogP contribution in [-0.2, 0) is 12.8 Å².